The summed E-state index contributed by atoms with van der Waals surface area (Å²) in [5.41, 5.74) is 0. The fourth-order valence-corrected chi connectivity index (χ4v) is 0.729. The number of hydrogen-bond acceptors (Lipinski definition) is 4. The lowest BCUT2D eigenvalue weighted by atomic mass is 10.3. The van der Waals surface area contributed by atoms with Crippen LogP contribution in [0.2, 0.25) is 0 Å². The lowest BCUT2D eigenvalue weighted by Gasteiger charge is -2.12. The molecule has 0 bridgehead atoms. The van der Waals surface area contributed by atoms with Crippen molar-refractivity contribution in [3.63, 3.8) is 0 Å². The third-order valence-corrected chi connectivity index (χ3v) is 1.38. The molecule has 0 saturated carbocycles. The van der Waals surface area contributed by atoms with Gasteiger partial charge in [0.05, 0.1) is 31.8 Å². The molecule has 0 aliphatic heterocycles. The SMILES string of the molecule is CCC(=O)CN(CC#N)CC#N. The quantitative estimate of drug-likeness (QED) is 0.550. The minimum absolute atomic E-state index is 0.0560. The summed E-state index contributed by atoms with van der Waals surface area (Å²) in [6.45, 7) is 2.25. The number of nitriles is 2. The van der Waals surface area contributed by atoms with Crippen LogP contribution in [0.4, 0.5) is 0 Å². The molecule has 0 fully saturated rings. The molecule has 4 heteroatoms. The highest BCUT2D eigenvalue weighted by molar-refractivity contribution is 5.80. The van der Waals surface area contributed by atoms with Crippen molar-refractivity contribution in [2.24, 2.45) is 0 Å². The first-order chi connectivity index (χ1) is 5.74. The standard InChI is InChI=1S/C8H11N3O/c1-2-8(12)7-11(5-3-9)6-4-10/h2,5-7H2,1H3. The maximum absolute atomic E-state index is 10.9. The van der Waals surface area contributed by atoms with Gasteiger partial charge >= 0.3 is 0 Å². The number of hydrogen-bond donors (Lipinski definition) is 0. The van der Waals surface area contributed by atoms with Crippen LogP contribution in [0.1, 0.15) is 13.3 Å². The normalized spacial score (nSPS) is 9.00. The van der Waals surface area contributed by atoms with Crippen molar-refractivity contribution >= 4 is 5.78 Å². The molecule has 12 heavy (non-hydrogen) atoms. The summed E-state index contributed by atoms with van der Waals surface area (Å²) >= 11 is 0. The third kappa shape index (κ3) is 4.43. The highest BCUT2D eigenvalue weighted by atomic mass is 16.1. The lowest BCUT2D eigenvalue weighted by molar-refractivity contribution is -0.119. The molecule has 0 rings (SSSR count). The molecule has 0 aliphatic rings. The van der Waals surface area contributed by atoms with Crippen molar-refractivity contribution in [1.29, 1.82) is 10.5 Å². The van der Waals surface area contributed by atoms with E-state index in [2.05, 4.69) is 0 Å². The fourth-order valence-electron chi connectivity index (χ4n) is 0.729. The molecular weight excluding hydrogens is 154 g/mol. The summed E-state index contributed by atoms with van der Waals surface area (Å²) in [7, 11) is 0. The molecule has 0 radical (unpaired) electrons. The Labute approximate surface area is 72.0 Å². The summed E-state index contributed by atoms with van der Waals surface area (Å²) in [6.07, 6.45) is 0.452. The molecule has 4 nitrogen and oxygen atoms in total. The minimum Gasteiger partial charge on any atom is -0.298 e. The minimum atomic E-state index is 0.0560. The van der Waals surface area contributed by atoms with Gasteiger partial charge in [0, 0.05) is 6.42 Å². The second kappa shape index (κ2) is 6.33. The van der Waals surface area contributed by atoms with Gasteiger partial charge in [-0.2, -0.15) is 10.5 Å². The zero-order valence-corrected chi connectivity index (χ0v) is 7.08. The first kappa shape index (κ1) is 10.6. The molecule has 0 heterocycles. The first-order valence-corrected chi connectivity index (χ1v) is 3.72. The van der Waals surface area contributed by atoms with Crippen LogP contribution in [0.25, 0.3) is 0 Å². The number of carbonyl (C=O) groups excluding carboxylic acids is 1. The summed E-state index contributed by atoms with van der Waals surface area (Å²) in [4.78, 5) is 12.4. The van der Waals surface area contributed by atoms with Gasteiger partial charge in [0.1, 0.15) is 5.78 Å². The topological polar surface area (TPSA) is 67.9 Å². The molecule has 0 aliphatic carbocycles. The third-order valence-electron chi connectivity index (χ3n) is 1.38. The Bertz CT molecular complexity index is 207. The van der Waals surface area contributed by atoms with E-state index >= 15 is 0 Å². The van der Waals surface area contributed by atoms with Crippen LogP contribution in [0.3, 0.4) is 0 Å². The van der Waals surface area contributed by atoms with Gasteiger partial charge in [0.2, 0.25) is 0 Å². The second-order valence-electron chi connectivity index (χ2n) is 2.35. The molecule has 0 amide bonds. The van der Waals surface area contributed by atoms with E-state index in [0.717, 1.165) is 0 Å². The van der Waals surface area contributed by atoms with Crippen molar-refractivity contribution < 1.29 is 4.79 Å². The molecule has 0 atom stereocenters. The van der Waals surface area contributed by atoms with Crippen molar-refractivity contribution in [1.82, 2.24) is 4.90 Å². The Kier molecular flexibility index (Phi) is 5.60. The number of rotatable bonds is 5. The van der Waals surface area contributed by atoms with E-state index in [9.17, 15) is 4.79 Å². The molecule has 0 spiro atoms. The zero-order valence-electron chi connectivity index (χ0n) is 7.08. The average Bonchev–Trinajstić information content (AvgIpc) is 2.05. The predicted molar refractivity (Wildman–Crippen MR) is 43.0 cm³/mol. The highest BCUT2D eigenvalue weighted by Crippen LogP contribution is 1.89. The Balaban J connectivity index is 3.89. The van der Waals surface area contributed by atoms with Crippen molar-refractivity contribution in [3.05, 3.63) is 0 Å². The summed E-state index contributed by atoms with van der Waals surface area (Å²) in [5, 5.41) is 16.7. The van der Waals surface area contributed by atoms with Gasteiger partial charge in [-0.25, -0.2) is 0 Å². The second-order valence-corrected chi connectivity index (χ2v) is 2.35. The van der Waals surface area contributed by atoms with Crippen molar-refractivity contribution in [2.75, 3.05) is 19.6 Å². The van der Waals surface area contributed by atoms with E-state index in [0.29, 0.717) is 6.42 Å². The van der Waals surface area contributed by atoms with Crippen LogP contribution in [0.15, 0.2) is 0 Å². The van der Waals surface area contributed by atoms with Gasteiger partial charge in [-0.05, 0) is 0 Å². The number of carbonyl (C=O) groups is 1. The number of Topliss-reactive ketones (excluding diaryl/α,β-unsaturated/α-hetero) is 1. The summed E-state index contributed by atoms with van der Waals surface area (Å²) in [6, 6.07) is 3.81. The van der Waals surface area contributed by atoms with Gasteiger partial charge in [-0.3, -0.25) is 9.69 Å². The van der Waals surface area contributed by atoms with Crippen molar-refractivity contribution in [2.45, 2.75) is 13.3 Å². The number of ketones is 1. The van der Waals surface area contributed by atoms with Gasteiger partial charge in [-0.15, -0.1) is 0 Å². The average molecular weight is 165 g/mol. The summed E-state index contributed by atoms with van der Waals surface area (Å²) < 4.78 is 0. The van der Waals surface area contributed by atoms with Crippen LogP contribution in [0.5, 0.6) is 0 Å². The van der Waals surface area contributed by atoms with Gasteiger partial charge in [-0.1, -0.05) is 6.92 Å². The maximum Gasteiger partial charge on any atom is 0.146 e. The fraction of sp³-hybridized carbons (Fsp3) is 0.625. The van der Waals surface area contributed by atoms with E-state index in [4.69, 9.17) is 10.5 Å². The van der Waals surface area contributed by atoms with E-state index in [-0.39, 0.29) is 25.4 Å². The molecule has 0 aromatic heterocycles. The smallest absolute Gasteiger partial charge is 0.146 e. The predicted octanol–water partition coefficient (Wildman–Crippen LogP) is 0.315. The largest absolute Gasteiger partial charge is 0.298 e. The monoisotopic (exact) mass is 165 g/mol. The Hall–Kier alpha value is -1.39. The van der Waals surface area contributed by atoms with E-state index in [1.165, 1.54) is 4.90 Å². The van der Waals surface area contributed by atoms with Crippen LogP contribution in [-0.4, -0.2) is 30.3 Å². The lowest BCUT2D eigenvalue weighted by Crippen LogP contribution is -2.30. The van der Waals surface area contributed by atoms with Crippen LogP contribution < -0.4 is 0 Å². The van der Waals surface area contributed by atoms with Gasteiger partial charge in [0.15, 0.2) is 0 Å². The van der Waals surface area contributed by atoms with E-state index in [1.54, 1.807) is 6.92 Å². The Morgan fingerprint density at radius 3 is 2.17 bits per heavy atom. The molecule has 0 aromatic rings. The number of nitrogens with zero attached hydrogens (tertiary/aromatic N) is 3. The van der Waals surface area contributed by atoms with E-state index in [1.807, 2.05) is 12.1 Å². The first-order valence-electron chi connectivity index (χ1n) is 3.72. The van der Waals surface area contributed by atoms with Crippen LogP contribution in [0, 0.1) is 22.7 Å². The molecule has 0 aromatic carbocycles. The molecule has 0 N–H and O–H groups in total. The molecule has 0 saturated heterocycles. The van der Waals surface area contributed by atoms with E-state index < -0.39 is 0 Å². The molecule has 0 unspecified atom stereocenters. The highest BCUT2D eigenvalue weighted by Gasteiger charge is 2.07. The maximum atomic E-state index is 10.9. The van der Waals surface area contributed by atoms with Crippen LogP contribution in [-0.2, 0) is 4.79 Å². The molecular formula is C8H11N3O. The van der Waals surface area contributed by atoms with Gasteiger partial charge in [0.25, 0.3) is 0 Å². The van der Waals surface area contributed by atoms with Gasteiger partial charge < -0.3 is 0 Å². The van der Waals surface area contributed by atoms with Crippen molar-refractivity contribution in [3.8, 4) is 12.1 Å². The Morgan fingerprint density at radius 1 is 1.33 bits per heavy atom. The molecule has 64 valence electrons. The summed E-state index contributed by atoms with van der Waals surface area (Å²) in [5.74, 6) is 0.0560. The van der Waals surface area contributed by atoms with Crippen LogP contribution >= 0.6 is 0 Å². The Morgan fingerprint density at radius 2 is 1.83 bits per heavy atom. The zero-order chi connectivity index (χ0) is 9.40.